The molecule has 5 nitrogen and oxygen atoms in total. The number of amides is 1. The van der Waals surface area contributed by atoms with Crippen molar-refractivity contribution >= 4 is 34.1 Å². The Kier molecular flexibility index (Phi) is 6.57. The Morgan fingerprint density at radius 2 is 1.71 bits per heavy atom. The second-order valence-electron chi connectivity index (χ2n) is 4.73. The third kappa shape index (κ3) is 5.24. The highest BCUT2D eigenvalue weighted by molar-refractivity contribution is 9.10. The summed E-state index contributed by atoms with van der Waals surface area (Å²) in [5, 5.41) is 3.91. The largest absolute Gasteiger partial charge is 0.493 e. The number of hydrazone groups is 1. The molecule has 0 aliphatic carbocycles. The number of carbonyl (C=O) groups excluding carboxylic acids is 1. The number of ether oxygens (including phenoxy) is 2. The number of rotatable bonds is 6. The summed E-state index contributed by atoms with van der Waals surface area (Å²) in [6.07, 6.45) is 4.65. The van der Waals surface area contributed by atoms with Crippen LogP contribution in [0.3, 0.4) is 0 Å². The molecule has 0 heterocycles. The smallest absolute Gasteiger partial charge is 0.264 e. The molecule has 0 spiro atoms. The van der Waals surface area contributed by atoms with Gasteiger partial charge in [-0.05, 0) is 41.5 Å². The maximum absolute atomic E-state index is 11.8. The standard InChI is InChI=1S/C18H17BrN2O3/c1-23-16-9-5-13(11-17(16)24-2)6-10-18(22)21-20-12-14-3-7-15(19)8-4-14/h3-12H,1-2H3,(H,21,22)/b10-6+,20-12+. The van der Waals surface area contributed by atoms with Gasteiger partial charge in [-0.3, -0.25) is 4.79 Å². The fraction of sp³-hybridized carbons (Fsp3) is 0.111. The van der Waals surface area contributed by atoms with Crippen LogP contribution in [-0.4, -0.2) is 26.3 Å². The number of hydrogen-bond acceptors (Lipinski definition) is 4. The highest BCUT2D eigenvalue weighted by Gasteiger charge is 2.03. The number of nitrogens with one attached hydrogen (secondary N) is 1. The van der Waals surface area contributed by atoms with E-state index < -0.39 is 0 Å². The van der Waals surface area contributed by atoms with Gasteiger partial charge in [-0.2, -0.15) is 5.10 Å². The van der Waals surface area contributed by atoms with Gasteiger partial charge in [0.15, 0.2) is 11.5 Å². The Bertz CT molecular complexity index is 755. The van der Waals surface area contributed by atoms with Crippen LogP contribution in [0, 0.1) is 0 Å². The van der Waals surface area contributed by atoms with Gasteiger partial charge in [0.1, 0.15) is 0 Å². The predicted octanol–water partition coefficient (Wildman–Crippen LogP) is 3.63. The average Bonchev–Trinajstić information content (AvgIpc) is 2.61. The van der Waals surface area contributed by atoms with E-state index in [1.807, 2.05) is 30.3 Å². The molecule has 1 amide bonds. The van der Waals surface area contributed by atoms with Crippen molar-refractivity contribution in [1.29, 1.82) is 0 Å². The van der Waals surface area contributed by atoms with Gasteiger partial charge < -0.3 is 9.47 Å². The lowest BCUT2D eigenvalue weighted by Crippen LogP contribution is -2.14. The number of methoxy groups -OCH3 is 2. The summed E-state index contributed by atoms with van der Waals surface area (Å²) in [6.45, 7) is 0. The van der Waals surface area contributed by atoms with Gasteiger partial charge in [-0.15, -0.1) is 0 Å². The van der Waals surface area contributed by atoms with Crippen molar-refractivity contribution in [3.63, 3.8) is 0 Å². The SMILES string of the molecule is COc1ccc(/C=C/C(=O)N/N=C/c2ccc(Br)cc2)cc1OC. The number of halogens is 1. The molecule has 124 valence electrons. The fourth-order valence-corrected chi connectivity index (χ4v) is 2.15. The van der Waals surface area contributed by atoms with E-state index in [0.29, 0.717) is 11.5 Å². The fourth-order valence-electron chi connectivity index (χ4n) is 1.88. The van der Waals surface area contributed by atoms with E-state index in [4.69, 9.17) is 9.47 Å². The Morgan fingerprint density at radius 1 is 1.04 bits per heavy atom. The highest BCUT2D eigenvalue weighted by Crippen LogP contribution is 2.27. The number of hydrogen-bond donors (Lipinski definition) is 1. The van der Waals surface area contributed by atoms with E-state index in [9.17, 15) is 4.79 Å². The molecule has 2 aromatic rings. The molecule has 0 atom stereocenters. The van der Waals surface area contributed by atoms with Gasteiger partial charge in [0.2, 0.25) is 0 Å². The molecular formula is C18H17BrN2O3. The van der Waals surface area contributed by atoms with E-state index in [1.165, 1.54) is 6.08 Å². The lowest BCUT2D eigenvalue weighted by molar-refractivity contribution is -0.116. The molecular weight excluding hydrogens is 372 g/mol. The minimum absolute atomic E-state index is 0.321. The van der Waals surface area contributed by atoms with Crippen LogP contribution in [-0.2, 0) is 4.79 Å². The van der Waals surface area contributed by atoms with Gasteiger partial charge >= 0.3 is 0 Å². The summed E-state index contributed by atoms with van der Waals surface area (Å²) < 4.78 is 11.4. The Hall–Kier alpha value is -2.60. The predicted molar refractivity (Wildman–Crippen MR) is 98.5 cm³/mol. The first-order chi connectivity index (χ1) is 11.6. The minimum atomic E-state index is -0.321. The average molecular weight is 389 g/mol. The van der Waals surface area contributed by atoms with Gasteiger partial charge in [-0.25, -0.2) is 5.43 Å². The van der Waals surface area contributed by atoms with E-state index in [0.717, 1.165) is 15.6 Å². The zero-order valence-corrected chi connectivity index (χ0v) is 14.9. The molecule has 0 aliphatic rings. The summed E-state index contributed by atoms with van der Waals surface area (Å²) in [6, 6.07) is 13.0. The normalized spacial score (nSPS) is 11.0. The van der Waals surface area contributed by atoms with Gasteiger partial charge in [0.05, 0.1) is 20.4 Å². The summed E-state index contributed by atoms with van der Waals surface area (Å²) in [7, 11) is 3.14. The van der Waals surface area contributed by atoms with Crippen LogP contribution in [0.4, 0.5) is 0 Å². The number of nitrogens with zero attached hydrogens (tertiary/aromatic N) is 1. The van der Waals surface area contributed by atoms with Crippen LogP contribution >= 0.6 is 15.9 Å². The second-order valence-corrected chi connectivity index (χ2v) is 5.65. The molecule has 0 unspecified atom stereocenters. The molecule has 2 aromatic carbocycles. The minimum Gasteiger partial charge on any atom is -0.493 e. The quantitative estimate of drug-likeness (QED) is 0.466. The van der Waals surface area contributed by atoms with Crippen LogP contribution in [0.2, 0.25) is 0 Å². The van der Waals surface area contributed by atoms with Crippen LogP contribution in [0.1, 0.15) is 11.1 Å². The van der Waals surface area contributed by atoms with Crippen molar-refractivity contribution in [3.8, 4) is 11.5 Å². The Balaban J connectivity index is 1.94. The first kappa shape index (κ1) is 17.7. The van der Waals surface area contributed by atoms with E-state index >= 15 is 0 Å². The third-order valence-corrected chi connectivity index (χ3v) is 3.62. The topological polar surface area (TPSA) is 59.9 Å². The highest BCUT2D eigenvalue weighted by atomic mass is 79.9. The molecule has 0 bridgehead atoms. The lowest BCUT2D eigenvalue weighted by Gasteiger charge is -2.07. The van der Waals surface area contributed by atoms with Crippen molar-refractivity contribution in [1.82, 2.24) is 5.43 Å². The third-order valence-electron chi connectivity index (χ3n) is 3.09. The molecule has 0 aromatic heterocycles. The summed E-state index contributed by atoms with van der Waals surface area (Å²) in [5.41, 5.74) is 4.15. The molecule has 0 fully saturated rings. The van der Waals surface area contributed by atoms with Crippen LogP contribution < -0.4 is 14.9 Å². The molecule has 0 radical (unpaired) electrons. The first-order valence-corrected chi connectivity index (χ1v) is 7.90. The van der Waals surface area contributed by atoms with Crippen molar-refractivity contribution < 1.29 is 14.3 Å². The summed E-state index contributed by atoms with van der Waals surface area (Å²) >= 11 is 3.36. The molecule has 24 heavy (non-hydrogen) atoms. The molecule has 0 aliphatic heterocycles. The van der Waals surface area contributed by atoms with Crippen LogP contribution in [0.5, 0.6) is 11.5 Å². The Morgan fingerprint density at radius 3 is 2.38 bits per heavy atom. The van der Waals surface area contributed by atoms with Gasteiger partial charge in [-0.1, -0.05) is 34.1 Å². The van der Waals surface area contributed by atoms with Gasteiger partial charge in [0, 0.05) is 10.5 Å². The number of carbonyl (C=O) groups is 1. The van der Waals surface area contributed by atoms with Crippen LogP contribution in [0.25, 0.3) is 6.08 Å². The monoisotopic (exact) mass is 388 g/mol. The molecule has 0 saturated carbocycles. The van der Waals surface area contributed by atoms with E-state index in [1.54, 1.807) is 38.6 Å². The summed E-state index contributed by atoms with van der Waals surface area (Å²) in [4.78, 5) is 11.8. The zero-order chi connectivity index (χ0) is 17.4. The van der Waals surface area contributed by atoms with E-state index in [-0.39, 0.29) is 5.91 Å². The lowest BCUT2D eigenvalue weighted by atomic mass is 10.2. The van der Waals surface area contributed by atoms with Crippen molar-refractivity contribution in [2.75, 3.05) is 14.2 Å². The summed E-state index contributed by atoms with van der Waals surface area (Å²) in [5.74, 6) is 0.921. The maximum Gasteiger partial charge on any atom is 0.264 e. The molecule has 6 heteroatoms. The number of benzene rings is 2. The van der Waals surface area contributed by atoms with Crippen molar-refractivity contribution in [3.05, 3.63) is 64.1 Å². The van der Waals surface area contributed by atoms with Crippen molar-refractivity contribution in [2.24, 2.45) is 5.10 Å². The molecule has 2 rings (SSSR count). The first-order valence-electron chi connectivity index (χ1n) is 7.11. The second kappa shape index (κ2) is 8.88. The van der Waals surface area contributed by atoms with Crippen molar-refractivity contribution in [2.45, 2.75) is 0 Å². The Labute approximate surface area is 149 Å². The maximum atomic E-state index is 11.8. The van der Waals surface area contributed by atoms with Crippen LogP contribution in [0.15, 0.2) is 58.1 Å². The molecule has 0 saturated heterocycles. The zero-order valence-electron chi connectivity index (χ0n) is 13.3. The molecule has 1 N–H and O–H groups in total. The van der Waals surface area contributed by atoms with Gasteiger partial charge in [0.25, 0.3) is 5.91 Å². The van der Waals surface area contributed by atoms with E-state index in [2.05, 4.69) is 26.5 Å².